The van der Waals surface area contributed by atoms with Crippen LogP contribution in [0.4, 0.5) is 10.9 Å². The van der Waals surface area contributed by atoms with Crippen LogP contribution in [0.1, 0.15) is 12.8 Å². The van der Waals surface area contributed by atoms with E-state index < -0.39 is 0 Å². The molecular weight excluding hydrogens is 310 g/mol. The van der Waals surface area contributed by atoms with Gasteiger partial charge in [0.2, 0.25) is 5.91 Å². The molecule has 110 valence electrons. The second-order valence-electron chi connectivity index (χ2n) is 4.83. The Kier molecular flexibility index (Phi) is 4.31. The molecule has 0 aromatic carbocycles. The number of nitrogens with zero attached hydrogens (tertiary/aromatic N) is 4. The Labute approximate surface area is 131 Å². The first-order valence-electron chi connectivity index (χ1n) is 6.67. The molecule has 1 fully saturated rings. The molecule has 0 radical (unpaired) electrons. The third kappa shape index (κ3) is 3.48. The molecule has 8 heteroatoms. The maximum Gasteiger partial charge on any atom is 0.231 e. The Morgan fingerprint density at radius 2 is 2.33 bits per heavy atom. The van der Waals surface area contributed by atoms with Crippen molar-refractivity contribution in [2.24, 2.45) is 5.92 Å². The molecule has 0 bridgehead atoms. The zero-order valence-corrected chi connectivity index (χ0v) is 12.8. The molecule has 2 aromatic rings. The molecule has 21 heavy (non-hydrogen) atoms. The van der Waals surface area contributed by atoms with Crippen molar-refractivity contribution in [3.05, 3.63) is 28.9 Å². The van der Waals surface area contributed by atoms with Gasteiger partial charge in [-0.15, -0.1) is 21.5 Å². The fraction of sp³-hybridized carbons (Fsp3) is 0.385. The fourth-order valence-electron chi connectivity index (χ4n) is 2.37. The molecule has 0 spiro atoms. The van der Waals surface area contributed by atoms with Crippen LogP contribution >= 0.6 is 22.9 Å². The van der Waals surface area contributed by atoms with Gasteiger partial charge in [0.15, 0.2) is 16.1 Å². The first-order chi connectivity index (χ1) is 10.2. The zero-order valence-electron chi connectivity index (χ0n) is 11.2. The molecule has 6 nitrogen and oxygen atoms in total. The van der Waals surface area contributed by atoms with Crippen LogP contribution in [0.25, 0.3) is 0 Å². The summed E-state index contributed by atoms with van der Waals surface area (Å²) >= 11 is 7.17. The van der Waals surface area contributed by atoms with E-state index in [2.05, 4.69) is 25.4 Å². The van der Waals surface area contributed by atoms with E-state index in [1.807, 2.05) is 11.4 Å². The van der Waals surface area contributed by atoms with Gasteiger partial charge in [0, 0.05) is 24.7 Å². The lowest BCUT2D eigenvalue weighted by Gasteiger charge is -2.32. The highest BCUT2D eigenvalue weighted by atomic mass is 35.5. The minimum atomic E-state index is -0.0693. The van der Waals surface area contributed by atoms with Gasteiger partial charge in [0.1, 0.15) is 0 Å². The largest absolute Gasteiger partial charge is 0.354 e. The van der Waals surface area contributed by atoms with Crippen LogP contribution in [-0.4, -0.2) is 34.2 Å². The lowest BCUT2D eigenvalue weighted by atomic mass is 9.97. The summed E-state index contributed by atoms with van der Waals surface area (Å²) in [6.07, 6.45) is 3.49. The van der Waals surface area contributed by atoms with Crippen molar-refractivity contribution in [3.63, 3.8) is 0 Å². The van der Waals surface area contributed by atoms with Crippen molar-refractivity contribution in [3.8, 4) is 0 Å². The Morgan fingerprint density at radius 1 is 1.43 bits per heavy atom. The molecule has 3 rings (SSSR count). The lowest BCUT2D eigenvalue weighted by molar-refractivity contribution is -0.120. The molecule has 1 atom stereocenters. The van der Waals surface area contributed by atoms with Crippen molar-refractivity contribution >= 4 is 39.8 Å². The standard InChI is InChI=1S/C13H14ClN5OS/c14-10-3-4-11(18-17-10)19-6-1-2-9(8-19)12(20)16-13-15-5-7-21-13/h3-5,7,9H,1-2,6,8H2,(H,15,16,20)/t9-/m1/s1. The molecule has 1 aliphatic rings. The number of thiazole rings is 1. The summed E-state index contributed by atoms with van der Waals surface area (Å²) in [4.78, 5) is 18.4. The number of aromatic nitrogens is 3. The number of nitrogens with one attached hydrogen (secondary N) is 1. The van der Waals surface area contributed by atoms with Crippen molar-refractivity contribution in [1.29, 1.82) is 0 Å². The van der Waals surface area contributed by atoms with Gasteiger partial charge in [-0.3, -0.25) is 4.79 Å². The number of rotatable bonds is 3. The van der Waals surface area contributed by atoms with Gasteiger partial charge in [-0.25, -0.2) is 4.98 Å². The zero-order chi connectivity index (χ0) is 14.7. The highest BCUT2D eigenvalue weighted by molar-refractivity contribution is 7.13. The number of carbonyl (C=O) groups is 1. The second-order valence-corrected chi connectivity index (χ2v) is 6.11. The van der Waals surface area contributed by atoms with E-state index in [9.17, 15) is 4.79 Å². The van der Waals surface area contributed by atoms with Crippen LogP contribution in [0.3, 0.4) is 0 Å². The first kappa shape index (κ1) is 14.2. The Hall–Kier alpha value is -1.73. The third-order valence-corrected chi connectivity index (χ3v) is 4.29. The lowest BCUT2D eigenvalue weighted by Crippen LogP contribution is -2.41. The van der Waals surface area contributed by atoms with E-state index >= 15 is 0 Å². The fourth-order valence-corrected chi connectivity index (χ4v) is 3.00. The summed E-state index contributed by atoms with van der Waals surface area (Å²) in [6.45, 7) is 1.50. The molecule has 3 heterocycles. The van der Waals surface area contributed by atoms with Gasteiger partial charge in [-0.2, -0.15) is 0 Å². The molecule has 1 saturated heterocycles. The van der Waals surface area contributed by atoms with Gasteiger partial charge in [0.25, 0.3) is 0 Å². The maximum absolute atomic E-state index is 12.3. The van der Waals surface area contributed by atoms with Gasteiger partial charge in [-0.05, 0) is 25.0 Å². The van der Waals surface area contributed by atoms with Gasteiger partial charge in [-0.1, -0.05) is 11.6 Å². The van der Waals surface area contributed by atoms with E-state index in [4.69, 9.17) is 11.6 Å². The van der Waals surface area contributed by atoms with E-state index in [-0.39, 0.29) is 11.8 Å². The van der Waals surface area contributed by atoms with Crippen LogP contribution < -0.4 is 10.2 Å². The Bertz CT molecular complexity index is 604. The number of hydrogen-bond donors (Lipinski definition) is 1. The predicted molar refractivity (Wildman–Crippen MR) is 82.7 cm³/mol. The number of anilines is 2. The summed E-state index contributed by atoms with van der Waals surface area (Å²) in [5.41, 5.74) is 0. The van der Waals surface area contributed by atoms with Crippen LogP contribution in [0.15, 0.2) is 23.7 Å². The average Bonchev–Trinajstić information content (AvgIpc) is 3.01. The van der Waals surface area contributed by atoms with Crippen LogP contribution in [0, 0.1) is 5.92 Å². The molecular formula is C13H14ClN5OS. The molecule has 1 N–H and O–H groups in total. The smallest absolute Gasteiger partial charge is 0.231 e. The Morgan fingerprint density at radius 3 is 3.05 bits per heavy atom. The second kappa shape index (κ2) is 6.36. The normalized spacial score (nSPS) is 18.5. The highest BCUT2D eigenvalue weighted by Crippen LogP contribution is 2.23. The monoisotopic (exact) mass is 323 g/mol. The quantitative estimate of drug-likeness (QED) is 0.939. The summed E-state index contributed by atoms with van der Waals surface area (Å²) < 4.78 is 0. The molecule has 2 aromatic heterocycles. The number of piperidine rings is 1. The van der Waals surface area contributed by atoms with Gasteiger partial charge < -0.3 is 10.2 Å². The van der Waals surface area contributed by atoms with E-state index in [1.54, 1.807) is 12.3 Å². The summed E-state index contributed by atoms with van der Waals surface area (Å²) in [5, 5.41) is 13.6. The molecule has 1 aliphatic heterocycles. The topological polar surface area (TPSA) is 71.0 Å². The maximum atomic E-state index is 12.3. The number of hydrogen-bond acceptors (Lipinski definition) is 6. The van der Waals surface area contributed by atoms with Crippen LogP contribution in [0.2, 0.25) is 5.15 Å². The van der Waals surface area contributed by atoms with E-state index in [0.717, 1.165) is 25.2 Å². The number of amides is 1. The predicted octanol–water partition coefficient (Wildman–Crippen LogP) is 2.44. The van der Waals surface area contributed by atoms with Crippen molar-refractivity contribution in [2.45, 2.75) is 12.8 Å². The van der Waals surface area contributed by atoms with Crippen molar-refractivity contribution < 1.29 is 4.79 Å². The highest BCUT2D eigenvalue weighted by Gasteiger charge is 2.27. The van der Waals surface area contributed by atoms with Crippen molar-refractivity contribution in [1.82, 2.24) is 15.2 Å². The summed E-state index contributed by atoms with van der Waals surface area (Å²) in [6, 6.07) is 3.54. The van der Waals surface area contributed by atoms with Gasteiger partial charge in [0.05, 0.1) is 5.92 Å². The molecule has 0 unspecified atom stereocenters. The van der Waals surface area contributed by atoms with Crippen LogP contribution in [-0.2, 0) is 4.79 Å². The molecule has 1 amide bonds. The average molecular weight is 324 g/mol. The third-order valence-electron chi connectivity index (χ3n) is 3.40. The minimum Gasteiger partial charge on any atom is -0.354 e. The summed E-state index contributed by atoms with van der Waals surface area (Å²) in [5.74, 6) is 0.697. The van der Waals surface area contributed by atoms with Crippen molar-refractivity contribution in [2.75, 3.05) is 23.3 Å². The molecule has 0 aliphatic carbocycles. The Balaban J connectivity index is 1.65. The van der Waals surface area contributed by atoms with Crippen LogP contribution in [0.5, 0.6) is 0 Å². The molecule has 0 saturated carbocycles. The minimum absolute atomic E-state index is 0.0107. The van der Waals surface area contributed by atoms with Gasteiger partial charge >= 0.3 is 0 Å². The number of carbonyl (C=O) groups excluding carboxylic acids is 1. The van der Waals surface area contributed by atoms with E-state index in [1.165, 1.54) is 11.3 Å². The SMILES string of the molecule is O=C(Nc1nccs1)[C@@H]1CCCN(c2ccc(Cl)nn2)C1. The number of halogens is 1. The van der Waals surface area contributed by atoms with E-state index in [0.29, 0.717) is 16.8 Å². The first-order valence-corrected chi connectivity index (χ1v) is 7.92. The summed E-state index contributed by atoms with van der Waals surface area (Å²) in [7, 11) is 0.